The molecule has 1 saturated heterocycles. The Balaban J connectivity index is 1.61. The predicted molar refractivity (Wildman–Crippen MR) is 144 cm³/mol. The molecule has 2 heterocycles. The lowest BCUT2D eigenvalue weighted by molar-refractivity contribution is -0.153. The van der Waals surface area contributed by atoms with Gasteiger partial charge in [0.2, 0.25) is 11.8 Å². The van der Waals surface area contributed by atoms with Crippen molar-refractivity contribution in [1.82, 2.24) is 15.5 Å². The average molecular weight is 590 g/mol. The minimum atomic E-state index is -2.89. The molecule has 1 aliphatic heterocycles. The van der Waals surface area contributed by atoms with E-state index in [0.717, 1.165) is 11.1 Å². The van der Waals surface area contributed by atoms with E-state index in [9.17, 15) is 28.0 Å². The quantitative estimate of drug-likeness (QED) is 0.335. The largest absolute Gasteiger partial charge is 0.493 e. The number of hydrazine groups is 1. The van der Waals surface area contributed by atoms with Gasteiger partial charge in [-0.3, -0.25) is 24.7 Å². The minimum Gasteiger partial charge on any atom is -0.493 e. The molecule has 216 valence electrons. The summed E-state index contributed by atoms with van der Waals surface area (Å²) in [7, 11) is 1.41. The zero-order valence-corrected chi connectivity index (χ0v) is 22.6. The first-order valence-electron chi connectivity index (χ1n) is 12.9. The fourth-order valence-corrected chi connectivity index (χ4v) is 5.38. The molecule has 9 nitrogen and oxygen atoms in total. The van der Waals surface area contributed by atoms with E-state index in [1.165, 1.54) is 42.5 Å². The fraction of sp³-hybridized carbons (Fsp3) is 0.321. The number of amides is 2. The molecular formula is C28H27ClF3N5O4. The summed E-state index contributed by atoms with van der Waals surface area (Å²) < 4.78 is 47.1. The van der Waals surface area contributed by atoms with Crippen molar-refractivity contribution in [2.75, 3.05) is 17.0 Å². The molecule has 0 radical (unpaired) electrons. The molecule has 5 rings (SSSR count). The highest BCUT2D eigenvalue weighted by Gasteiger charge is 2.48. The van der Waals surface area contributed by atoms with Crippen molar-refractivity contribution in [2.24, 2.45) is 0 Å². The van der Waals surface area contributed by atoms with Crippen molar-refractivity contribution in [3.63, 3.8) is 0 Å². The van der Waals surface area contributed by atoms with Gasteiger partial charge in [-0.15, -0.1) is 0 Å². The molecule has 1 aromatic heterocycles. The third kappa shape index (κ3) is 5.81. The number of halogens is 4. The Morgan fingerprint density at radius 2 is 1.95 bits per heavy atom. The van der Waals surface area contributed by atoms with Gasteiger partial charge in [0.25, 0.3) is 5.92 Å². The predicted octanol–water partition coefficient (Wildman–Crippen LogP) is 5.10. The highest BCUT2D eigenvalue weighted by Crippen LogP contribution is 2.41. The van der Waals surface area contributed by atoms with E-state index in [1.807, 2.05) is 0 Å². The Bertz CT molecular complexity index is 1440. The lowest BCUT2D eigenvalue weighted by atomic mass is 9.88. The van der Waals surface area contributed by atoms with Crippen molar-refractivity contribution < 1.29 is 32.7 Å². The standard InChI is InChI=1S/C28H27ClF3N5O4/c1-41-22-10-5-13-33-26(22)35-23(11-12-24(35)38)37(40)36(19-7-4-6-17(30)14-19)25(20-8-2-3-9-21(20)29)27(39)34-18-15-28(31,32)16-18/h2-10,13-14,18,23,25,40H,11-12,15-16H2,1H3,(H,34,39)/t23-,25+/m1/s1. The number of alkyl halides is 2. The van der Waals surface area contributed by atoms with Crippen LogP contribution in [-0.2, 0) is 9.59 Å². The SMILES string of the molecule is COc1cccnc1N1C(=O)CC[C@H]1N(O)N(c1cccc(F)c1)[C@H](C(=O)NC1CC(F)(F)C1)c1ccccc1Cl. The van der Waals surface area contributed by atoms with Crippen molar-refractivity contribution >= 4 is 34.9 Å². The molecule has 2 aromatic carbocycles. The third-order valence-corrected chi connectivity index (χ3v) is 7.42. The Morgan fingerprint density at radius 1 is 1.20 bits per heavy atom. The summed E-state index contributed by atoms with van der Waals surface area (Å²) >= 11 is 6.52. The molecule has 1 aliphatic carbocycles. The van der Waals surface area contributed by atoms with Crippen LogP contribution in [0.4, 0.5) is 24.7 Å². The van der Waals surface area contributed by atoms with Gasteiger partial charge in [-0.2, -0.15) is 0 Å². The van der Waals surface area contributed by atoms with Crippen LogP contribution < -0.4 is 20.0 Å². The van der Waals surface area contributed by atoms with Gasteiger partial charge in [0.1, 0.15) is 12.0 Å². The van der Waals surface area contributed by atoms with Crippen LogP contribution >= 0.6 is 11.6 Å². The van der Waals surface area contributed by atoms with Gasteiger partial charge in [0.05, 0.1) is 12.8 Å². The highest BCUT2D eigenvalue weighted by atomic mass is 35.5. The molecule has 2 fully saturated rings. The first kappa shape index (κ1) is 28.7. The maximum absolute atomic E-state index is 14.5. The summed E-state index contributed by atoms with van der Waals surface area (Å²) in [5.74, 6) is -4.28. The van der Waals surface area contributed by atoms with Gasteiger partial charge in [-0.25, -0.2) is 18.2 Å². The Labute approximate surface area is 239 Å². The van der Waals surface area contributed by atoms with E-state index in [-0.39, 0.29) is 46.6 Å². The molecule has 0 bridgehead atoms. The van der Waals surface area contributed by atoms with Crippen LogP contribution in [0.15, 0.2) is 66.9 Å². The lowest BCUT2D eigenvalue weighted by Gasteiger charge is -2.43. The first-order valence-corrected chi connectivity index (χ1v) is 13.2. The Hall–Kier alpha value is -3.87. The number of anilines is 2. The summed E-state index contributed by atoms with van der Waals surface area (Å²) in [6.07, 6.45) is -0.602. The van der Waals surface area contributed by atoms with Crippen molar-refractivity contribution in [3.05, 3.63) is 83.3 Å². The number of rotatable bonds is 9. The monoisotopic (exact) mass is 589 g/mol. The van der Waals surface area contributed by atoms with Gasteiger partial charge < -0.3 is 10.1 Å². The van der Waals surface area contributed by atoms with Gasteiger partial charge >= 0.3 is 0 Å². The molecule has 2 aliphatic rings. The van der Waals surface area contributed by atoms with Gasteiger partial charge in [-0.1, -0.05) is 41.0 Å². The summed E-state index contributed by atoms with van der Waals surface area (Å²) in [4.78, 5) is 32.5. The van der Waals surface area contributed by atoms with E-state index in [1.54, 1.807) is 30.3 Å². The fourth-order valence-electron chi connectivity index (χ4n) is 5.14. The normalized spacial score (nSPS) is 19.1. The van der Waals surface area contributed by atoms with Crippen LogP contribution in [0.1, 0.15) is 37.3 Å². The number of nitrogens with one attached hydrogen (secondary N) is 1. The van der Waals surface area contributed by atoms with Crippen LogP contribution in [0.25, 0.3) is 0 Å². The highest BCUT2D eigenvalue weighted by molar-refractivity contribution is 6.31. The number of carbonyl (C=O) groups is 2. The number of benzene rings is 2. The maximum Gasteiger partial charge on any atom is 0.252 e. The number of aromatic nitrogens is 1. The second-order valence-corrected chi connectivity index (χ2v) is 10.3. The molecule has 2 amide bonds. The number of hydrogen-bond donors (Lipinski definition) is 2. The maximum atomic E-state index is 14.5. The van der Waals surface area contributed by atoms with Crippen LogP contribution in [0.3, 0.4) is 0 Å². The molecule has 0 spiro atoms. The van der Waals surface area contributed by atoms with Crippen molar-refractivity contribution in [3.8, 4) is 5.75 Å². The Kier molecular flexibility index (Phi) is 8.07. The topological polar surface area (TPSA) is 98.2 Å². The Morgan fingerprint density at radius 3 is 2.63 bits per heavy atom. The van der Waals surface area contributed by atoms with Crippen molar-refractivity contribution in [2.45, 2.75) is 49.9 Å². The minimum absolute atomic E-state index is 0.0263. The van der Waals surface area contributed by atoms with Gasteiger partial charge in [0.15, 0.2) is 17.6 Å². The number of hydrogen-bond acceptors (Lipinski definition) is 7. The van der Waals surface area contributed by atoms with Crippen LogP contribution in [0, 0.1) is 5.82 Å². The molecule has 13 heteroatoms. The van der Waals surface area contributed by atoms with Crippen LogP contribution in [0.5, 0.6) is 5.75 Å². The number of methoxy groups -OCH3 is 1. The number of ether oxygens (including phenoxy) is 1. The third-order valence-electron chi connectivity index (χ3n) is 7.07. The van der Waals surface area contributed by atoms with E-state index in [0.29, 0.717) is 5.17 Å². The average Bonchev–Trinajstić information content (AvgIpc) is 3.31. The summed E-state index contributed by atoms with van der Waals surface area (Å²) in [5.41, 5.74) is 0.256. The molecule has 1 saturated carbocycles. The number of hydroxylamine groups is 1. The van der Waals surface area contributed by atoms with Crippen molar-refractivity contribution in [1.29, 1.82) is 0 Å². The zero-order chi connectivity index (χ0) is 29.3. The van der Waals surface area contributed by atoms with E-state index < -0.39 is 48.7 Å². The van der Waals surface area contributed by atoms with E-state index >= 15 is 0 Å². The van der Waals surface area contributed by atoms with Gasteiger partial charge in [0, 0.05) is 42.1 Å². The molecule has 2 atom stereocenters. The van der Waals surface area contributed by atoms with Gasteiger partial charge in [-0.05, 0) is 42.8 Å². The summed E-state index contributed by atoms with van der Waals surface area (Å²) in [5, 5.41) is 16.4. The first-order chi connectivity index (χ1) is 19.6. The molecule has 3 aromatic rings. The molecule has 41 heavy (non-hydrogen) atoms. The van der Waals surface area contributed by atoms with E-state index in [2.05, 4.69) is 10.3 Å². The second kappa shape index (κ2) is 11.6. The number of carbonyl (C=O) groups excluding carboxylic acids is 2. The number of nitrogens with zero attached hydrogens (tertiary/aromatic N) is 4. The number of pyridine rings is 1. The molecule has 0 unspecified atom stereocenters. The molecular weight excluding hydrogens is 563 g/mol. The summed E-state index contributed by atoms with van der Waals surface area (Å²) in [6.45, 7) is 0. The van der Waals surface area contributed by atoms with E-state index in [4.69, 9.17) is 16.3 Å². The zero-order valence-electron chi connectivity index (χ0n) is 21.9. The molecule has 2 N–H and O–H groups in total. The summed E-state index contributed by atoms with van der Waals surface area (Å²) in [6, 6.07) is 12.4. The lowest BCUT2D eigenvalue weighted by Crippen LogP contribution is -2.59. The van der Waals surface area contributed by atoms with Crippen LogP contribution in [0.2, 0.25) is 5.02 Å². The smallest absolute Gasteiger partial charge is 0.252 e. The van der Waals surface area contributed by atoms with Crippen LogP contribution in [-0.4, -0.2) is 52.4 Å². The second-order valence-electron chi connectivity index (χ2n) is 9.85.